The van der Waals surface area contributed by atoms with Gasteiger partial charge in [-0.3, -0.25) is 4.79 Å². The Morgan fingerprint density at radius 2 is 1.67 bits per heavy atom. The summed E-state index contributed by atoms with van der Waals surface area (Å²) >= 11 is 1.65. The average Bonchev–Trinajstić information content (AvgIpc) is 1.59. The summed E-state index contributed by atoms with van der Waals surface area (Å²) in [5.41, 5.74) is 0.115. The van der Waals surface area contributed by atoms with Crippen LogP contribution in [0.15, 0.2) is 16.9 Å². The molecular weight excluding hydrogens is 132 g/mol. The van der Waals surface area contributed by atoms with Crippen molar-refractivity contribution in [3.63, 3.8) is 0 Å². The first-order valence-corrected chi connectivity index (χ1v) is 3.58. The molecule has 0 fully saturated rings. The van der Waals surface area contributed by atoms with Gasteiger partial charge in [-0.25, -0.2) is 0 Å². The highest BCUT2D eigenvalue weighted by Gasteiger charge is 1.88. The third kappa shape index (κ3) is 1.64. The van der Waals surface area contributed by atoms with Crippen molar-refractivity contribution < 1.29 is 0 Å². The van der Waals surface area contributed by atoms with Gasteiger partial charge < -0.3 is 0 Å². The van der Waals surface area contributed by atoms with E-state index in [1.165, 1.54) is 0 Å². The van der Waals surface area contributed by atoms with Gasteiger partial charge in [-0.05, 0) is 26.0 Å². The Morgan fingerprint density at radius 1 is 1.22 bits per heavy atom. The summed E-state index contributed by atoms with van der Waals surface area (Å²) < 4.78 is 0. The molecule has 0 bridgehead atoms. The summed E-state index contributed by atoms with van der Waals surface area (Å²) in [6, 6.07) is 3.30. The van der Waals surface area contributed by atoms with Gasteiger partial charge in [0.05, 0.1) is 0 Å². The van der Waals surface area contributed by atoms with Crippen molar-refractivity contribution in [2.45, 2.75) is 13.8 Å². The monoisotopic (exact) mass is 140 g/mol. The minimum Gasteiger partial charge on any atom is -0.290 e. The molecule has 0 unspecified atom stereocenters. The van der Waals surface area contributed by atoms with Crippen LogP contribution in [0.2, 0.25) is 0 Å². The van der Waals surface area contributed by atoms with E-state index in [9.17, 15) is 4.79 Å². The van der Waals surface area contributed by atoms with Crippen LogP contribution >= 0.6 is 11.3 Å². The van der Waals surface area contributed by atoms with Crippen LogP contribution in [-0.2, 0) is 0 Å². The molecule has 0 aliphatic rings. The van der Waals surface area contributed by atoms with Gasteiger partial charge in [0.15, 0.2) is 5.43 Å². The number of aryl methyl sites for hydroxylation is 2. The van der Waals surface area contributed by atoms with Gasteiger partial charge in [0.1, 0.15) is 0 Å². The van der Waals surface area contributed by atoms with E-state index in [-0.39, 0.29) is 5.43 Å². The van der Waals surface area contributed by atoms with Gasteiger partial charge in [-0.2, -0.15) is 0 Å². The van der Waals surface area contributed by atoms with Crippen molar-refractivity contribution >= 4 is 11.3 Å². The molecule has 0 atom stereocenters. The highest BCUT2D eigenvalue weighted by Crippen LogP contribution is 2.06. The van der Waals surface area contributed by atoms with Crippen LogP contribution in [0.25, 0.3) is 0 Å². The Morgan fingerprint density at radius 3 is 2.00 bits per heavy atom. The van der Waals surface area contributed by atoms with Gasteiger partial charge >= 0.3 is 0 Å². The molecule has 2 heteroatoms. The van der Waals surface area contributed by atoms with Crippen molar-refractivity contribution in [3.8, 4) is 0 Å². The lowest BCUT2D eigenvalue weighted by molar-refractivity contribution is 1.48. The smallest absolute Gasteiger partial charge is 0.180 e. The minimum absolute atomic E-state index is 0.115. The summed E-state index contributed by atoms with van der Waals surface area (Å²) in [7, 11) is 0. The van der Waals surface area contributed by atoms with Gasteiger partial charge in [-0.1, -0.05) is 0 Å². The van der Waals surface area contributed by atoms with Gasteiger partial charge in [-0.15, -0.1) is 11.3 Å². The molecule has 0 N–H and O–H groups in total. The average molecular weight is 140 g/mol. The molecule has 1 heterocycles. The predicted molar refractivity (Wildman–Crippen MR) is 40.1 cm³/mol. The molecule has 1 nitrogen and oxygen atoms in total. The molecule has 48 valence electrons. The fraction of sp³-hybridized carbons (Fsp3) is 0.286. The standard InChI is InChI=1S/C7H8OS/c1-5-3-7(8)4-6(2)9-5/h3-4H,1-2H3. The molecule has 0 radical (unpaired) electrons. The largest absolute Gasteiger partial charge is 0.290 e. The maximum Gasteiger partial charge on any atom is 0.180 e. The zero-order valence-electron chi connectivity index (χ0n) is 5.47. The first-order valence-electron chi connectivity index (χ1n) is 2.77. The number of hydrogen-bond donors (Lipinski definition) is 0. The van der Waals surface area contributed by atoms with Crippen molar-refractivity contribution in [1.29, 1.82) is 0 Å². The molecule has 1 aromatic heterocycles. The van der Waals surface area contributed by atoms with Crippen LogP contribution in [0, 0.1) is 13.8 Å². The Labute approximate surface area is 58.0 Å². The topological polar surface area (TPSA) is 17.1 Å². The normalized spacial score (nSPS) is 9.56. The second kappa shape index (κ2) is 2.31. The summed E-state index contributed by atoms with van der Waals surface area (Å²) in [4.78, 5) is 12.9. The third-order valence-corrected chi connectivity index (χ3v) is 1.89. The third-order valence-electron chi connectivity index (χ3n) is 1.01. The molecule has 0 aromatic carbocycles. The second-order valence-corrected chi connectivity index (χ2v) is 3.51. The van der Waals surface area contributed by atoms with E-state index < -0.39 is 0 Å². The highest BCUT2D eigenvalue weighted by molar-refractivity contribution is 7.11. The van der Waals surface area contributed by atoms with Gasteiger partial charge in [0, 0.05) is 9.75 Å². The molecule has 0 saturated heterocycles. The van der Waals surface area contributed by atoms with Crippen LogP contribution in [-0.4, -0.2) is 0 Å². The zero-order valence-corrected chi connectivity index (χ0v) is 6.29. The molecule has 9 heavy (non-hydrogen) atoms. The Kier molecular flexibility index (Phi) is 1.67. The fourth-order valence-corrected chi connectivity index (χ4v) is 1.61. The number of hydrogen-bond acceptors (Lipinski definition) is 2. The molecular formula is C7H8OS. The van der Waals surface area contributed by atoms with Gasteiger partial charge in [0.2, 0.25) is 0 Å². The minimum atomic E-state index is 0.115. The molecule has 0 spiro atoms. The molecule has 1 aromatic rings. The van der Waals surface area contributed by atoms with E-state index in [0.717, 1.165) is 9.75 Å². The summed E-state index contributed by atoms with van der Waals surface area (Å²) in [6.45, 7) is 3.89. The van der Waals surface area contributed by atoms with E-state index in [4.69, 9.17) is 0 Å². The summed E-state index contributed by atoms with van der Waals surface area (Å²) in [5.74, 6) is 0. The summed E-state index contributed by atoms with van der Waals surface area (Å²) in [6.07, 6.45) is 0. The van der Waals surface area contributed by atoms with E-state index in [1.54, 1.807) is 23.5 Å². The first-order chi connectivity index (χ1) is 4.18. The number of rotatable bonds is 0. The lowest BCUT2D eigenvalue weighted by Gasteiger charge is -1.89. The lowest BCUT2D eigenvalue weighted by atomic mass is 10.4. The van der Waals surface area contributed by atoms with Gasteiger partial charge in [0.25, 0.3) is 0 Å². The molecule has 0 aliphatic heterocycles. The van der Waals surface area contributed by atoms with Crippen LogP contribution in [0.3, 0.4) is 0 Å². The Hall–Kier alpha value is -0.630. The quantitative estimate of drug-likeness (QED) is 0.536. The van der Waals surface area contributed by atoms with Crippen molar-refractivity contribution in [2.75, 3.05) is 0 Å². The Balaban J connectivity index is 3.33. The maximum absolute atomic E-state index is 10.7. The Bertz CT molecular complexity index is 239. The maximum atomic E-state index is 10.7. The molecule has 1 rings (SSSR count). The SMILES string of the molecule is Cc1cc(=O)cc(C)s1. The van der Waals surface area contributed by atoms with Crippen LogP contribution in [0.5, 0.6) is 0 Å². The highest BCUT2D eigenvalue weighted by atomic mass is 32.1. The molecule has 0 aliphatic carbocycles. The van der Waals surface area contributed by atoms with Crippen LogP contribution in [0.4, 0.5) is 0 Å². The van der Waals surface area contributed by atoms with E-state index in [0.29, 0.717) is 0 Å². The van der Waals surface area contributed by atoms with E-state index in [2.05, 4.69) is 0 Å². The first kappa shape index (κ1) is 6.49. The van der Waals surface area contributed by atoms with E-state index in [1.807, 2.05) is 13.8 Å². The van der Waals surface area contributed by atoms with Crippen LogP contribution in [0.1, 0.15) is 9.75 Å². The van der Waals surface area contributed by atoms with Crippen molar-refractivity contribution in [3.05, 3.63) is 32.1 Å². The van der Waals surface area contributed by atoms with Crippen molar-refractivity contribution in [2.24, 2.45) is 0 Å². The lowest BCUT2D eigenvalue weighted by Crippen LogP contribution is -1.95. The zero-order chi connectivity index (χ0) is 6.85. The van der Waals surface area contributed by atoms with Crippen LogP contribution < -0.4 is 5.43 Å². The molecule has 0 saturated carbocycles. The summed E-state index contributed by atoms with van der Waals surface area (Å²) in [5, 5.41) is 0. The second-order valence-electron chi connectivity index (χ2n) is 2.01. The van der Waals surface area contributed by atoms with E-state index >= 15 is 0 Å². The van der Waals surface area contributed by atoms with Crippen molar-refractivity contribution in [1.82, 2.24) is 0 Å². The predicted octanol–water partition coefficient (Wildman–Crippen LogP) is 1.73. The molecule has 0 amide bonds. The fourth-order valence-electron chi connectivity index (χ4n) is 0.755.